The van der Waals surface area contributed by atoms with E-state index in [1.165, 1.54) is 10.9 Å². The molecule has 3 aromatic rings. The minimum Gasteiger partial charge on any atom is -0.480 e. The summed E-state index contributed by atoms with van der Waals surface area (Å²) in [6, 6.07) is 8.39. The molecule has 1 aromatic carbocycles. The Bertz CT molecular complexity index is 839. The quantitative estimate of drug-likeness (QED) is 0.723. The highest BCUT2D eigenvalue weighted by Crippen LogP contribution is 2.32. The topological polar surface area (TPSA) is 93.2 Å². The maximum atomic E-state index is 11.5. The zero-order chi connectivity index (χ0) is 17.1. The summed E-state index contributed by atoms with van der Waals surface area (Å²) in [5.74, 6) is -0.501. The molecule has 3 rings (SSSR count). The molecule has 0 saturated heterocycles. The second-order valence-corrected chi connectivity index (χ2v) is 5.29. The largest absolute Gasteiger partial charge is 0.480 e. The first-order chi connectivity index (χ1) is 11.7. The standard InChI is InChI=1S/C17H18N4O3/c1-2-20-9-8-18-16(20)15-14(12-6-4-3-5-7-12)19-11-21(15)13(10-22)17(23)24/h3-9,11,13,22H,2,10H2,1H3,(H,23,24)/t13-/m0/s1. The number of hydrogen-bond donors (Lipinski definition) is 2. The SMILES string of the molecule is CCn1ccnc1-c1c(-c2ccccc2)ncn1[C@@H](CO)C(=O)O. The van der Waals surface area contributed by atoms with Crippen LogP contribution in [-0.4, -0.2) is 41.9 Å². The van der Waals surface area contributed by atoms with Crippen molar-refractivity contribution in [3.05, 3.63) is 49.1 Å². The molecule has 2 N–H and O–H groups in total. The molecule has 0 saturated carbocycles. The number of aliphatic carboxylic acids is 1. The van der Waals surface area contributed by atoms with Crippen LogP contribution in [0.4, 0.5) is 0 Å². The molecule has 0 aliphatic heterocycles. The van der Waals surface area contributed by atoms with Gasteiger partial charge in [0, 0.05) is 24.5 Å². The molecule has 0 fully saturated rings. The predicted molar refractivity (Wildman–Crippen MR) is 88.3 cm³/mol. The molecular formula is C17H18N4O3. The van der Waals surface area contributed by atoms with Crippen molar-refractivity contribution >= 4 is 5.97 Å². The highest BCUT2D eigenvalue weighted by Gasteiger charge is 2.27. The van der Waals surface area contributed by atoms with Gasteiger partial charge in [0.05, 0.1) is 18.6 Å². The summed E-state index contributed by atoms with van der Waals surface area (Å²) in [5.41, 5.74) is 2.07. The number of benzene rings is 1. The molecule has 7 heteroatoms. The smallest absolute Gasteiger partial charge is 0.329 e. The maximum absolute atomic E-state index is 11.5. The van der Waals surface area contributed by atoms with Crippen molar-refractivity contribution in [2.24, 2.45) is 0 Å². The van der Waals surface area contributed by atoms with Crippen LogP contribution in [0.3, 0.4) is 0 Å². The summed E-state index contributed by atoms with van der Waals surface area (Å²) < 4.78 is 3.38. The van der Waals surface area contributed by atoms with E-state index >= 15 is 0 Å². The fraction of sp³-hybridized carbons (Fsp3) is 0.235. The average molecular weight is 326 g/mol. The van der Waals surface area contributed by atoms with Crippen LogP contribution in [0.2, 0.25) is 0 Å². The van der Waals surface area contributed by atoms with Crippen molar-refractivity contribution in [3.63, 3.8) is 0 Å². The third kappa shape index (κ3) is 2.69. The van der Waals surface area contributed by atoms with Crippen LogP contribution in [0.25, 0.3) is 22.8 Å². The van der Waals surface area contributed by atoms with E-state index in [-0.39, 0.29) is 0 Å². The summed E-state index contributed by atoms with van der Waals surface area (Å²) in [6.07, 6.45) is 4.94. The van der Waals surface area contributed by atoms with E-state index in [0.717, 1.165) is 5.56 Å². The van der Waals surface area contributed by atoms with Crippen molar-refractivity contribution in [1.29, 1.82) is 0 Å². The Hall–Kier alpha value is -2.93. The summed E-state index contributed by atoms with van der Waals surface area (Å²) in [7, 11) is 0. The lowest BCUT2D eigenvalue weighted by Gasteiger charge is -2.16. The molecular weight excluding hydrogens is 308 g/mol. The molecule has 0 aliphatic rings. The van der Waals surface area contributed by atoms with Gasteiger partial charge in [0.1, 0.15) is 5.69 Å². The Labute approximate surface area is 138 Å². The summed E-state index contributed by atoms with van der Waals surface area (Å²) in [5, 5.41) is 18.9. The second-order valence-electron chi connectivity index (χ2n) is 5.29. The van der Waals surface area contributed by atoms with Gasteiger partial charge in [-0.2, -0.15) is 0 Å². The monoisotopic (exact) mass is 326 g/mol. The van der Waals surface area contributed by atoms with Gasteiger partial charge in [-0.1, -0.05) is 30.3 Å². The number of aromatic nitrogens is 4. The lowest BCUT2D eigenvalue weighted by molar-refractivity contribution is -0.142. The van der Waals surface area contributed by atoms with Crippen LogP contribution in [0, 0.1) is 0 Å². The van der Waals surface area contributed by atoms with Crippen LogP contribution in [0.1, 0.15) is 13.0 Å². The summed E-state index contributed by atoms with van der Waals surface area (Å²) in [6.45, 7) is 2.14. The minimum absolute atomic E-state index is 0.528. The first-order valence-electron chi connectivity index (χ1n) is 7.64. The van der Waals surface area contributed by atoms with Crippen molar-refractivity contribution in [2.45, 2.75) is 19.5 Å². The van der Waals surface area contributed by atoms with Crippen molar-refractivity contribution < 1.29 is 15.0 Å². The van der Waals surface area contributed by atoms with E-state index in [2.05, 4.69) is 9.97 Å². The molecule has 2 aromatic heterocycles. The number of hydrogen-bond acceptors (Lipinski definition) is 4. The number of aliphatic hydroxyl groups is 1. The lowest BCUT2D eigenvalue weighted by Crippen LogP contribution is -2.23. The Morgan fingerprint density at radius 2 is 2.00 bits per heavy atom. The Morgan fingerprint density at radius 3 is 2.62 bits per heavy atom. The third-order valence-electron chi connectivity index (χ3n) is 3.90. The molecule has 124 valence electrons. The Kier molecular flexibility index (Phi) is 4.43. The highest BCUT2D eigenvalue weighted by atomic mass is 16.4. The second kappa shape index (κ2) is 6.67. The van der Waals surface area contributed by atoms with Gasteiger partial charge in [0.15, 0.2) is 11.9 Å². The summed E-state index contributed by atoms with van der Waals surface area (Å²) in [4.78, 5) is 20.3. The predicted octanol–water partition coefficient (Wildman–Crippen LogP) is 2.05. The fourth-order valence-electron chi connectivity index (χ4n) is 2.69. The normalized spacial score (nSPS) is 12.2. The van der Waals surface area contributed by atoms with E-state index in [0.29, 0.717) is 23.8 Å². The van der Waals surface area contributed by atoms with Gasteiger partial charge in [0.2, 0.25) is 0 Å². The molecule has 0 radical (unpaired) electrons. The molecule has 24 heavy (non-hydrogen) atoms. The van der Waals surface area contributed by atoms with Crippen molar-refractivity contribution in [2.75, 3.05) is 6.61 Å². The van der Waals surface area contributed by atoms with E-state index < -0.39 is 18.6 Å². The molecule has 7 nitrogen and oxygen atoms in total. The van der Waals surface area contributed by atoms with Gasteiger partial charge < -0.3 is 19.3 Å². The van der Waals surface area contributed by atoms with E-state index in [4.69, 9.17) is 0 Å². The zero-order valence-electron chi connectivity index (χ0n) is 13.2. The van der Waals surface area contributed by atoms with Crippen LogP contribution in [0.15, 0.2) is 49.1 Å². The molecule has 0 aliphatic carbocycles. The summed E-state index contributed by atoms with van der Waals surface area (Å²) >= 11 is 0. The van der Waals surface area contributed by atoms with Gasteiger partial charge in [-0.3, -0.25) is 0 Å². The van der Waals surface area contributed by atoms with E-state index in [9.17, 15) is 15.0 Å². The van der Waals surface area contributed by atoms with Crippen LogP contribution in [0.5, 0.6) is 0 Å². The van der Waals surface area contributed by atoms with Crippen molar-refractivity contribution in [3.8, 4) is 22.8 Å². The van der Waals surface area contributed by atoms with Gasteiger partial charge in [-0.25, -0.2) is 14.8 Å². The van der Waals surface area contributed by atoms with Gasteiger partial charge in [0.25, 0.3) is 0 Å². The molecule has 1 atom stereocenters. The third-order valence-corrected chi connectivity index (χ3v) is 3.90. The number of aryl methyl sites for hydroxylation is 1. The number of carboxylic acid groups (broad SMARTS) is 1. The first kappa shape index (κ1) is 15.9. The molecule has 2 heterocycles. The van der Waals surface area contributed by atoms with Crippen LogP contribution < -0.4 is 0 Å². The van der Waals surface area contributed by atoms with Crippen LogP contribution in [-0.2, 0) is 11.3 Å². The fourth-order valence-corrected chi connectivity index (χ4v) is 2.69. The van der Waals surface area contributed by atoms with Gasteiger partial charge in [-0.15, -0.1) is 0 Å². The van der Waals surface area contributed by atoms with E-state index in [1.807, 2.05) is 48.0 Å². The lowest BCUT2D eigenvalue weighted by atomic mass is 10.1. The highest BCUT2D eigenvalue weighted by molar-refractivity contribution is 5.79. The number of carbonyl (C=O) groups is 1. The molecule has 0 unspecified atom stereocenters. The average Bonchev–Trinajstić information content (AvgIpc) is 3.22. The van der Waals surface area contributed by atoms with Gasteiger partial charge >= 0.3 is 5.97 Å². The molecule has 0 amide bonds. The van der Waals surface area contributed by atoms with E-state index in [1.54, 1.807) is 6.20 Å². The maximum Gasteiger partial charge on any atom is 0.329 e. The van der Waals surface area contributed by atoms with Crippen molar-refractivity contribution in [1.82, 2.24) is 19.1 Å². The number of rotatable bonds is 6. The minimum atomic E-state index is -1.12. The molecule has 0 spiro atoms. The molecule has 0 bridgehead atoms. The number of carboxylic acids is 1. The number of imidazole rings is 2. The number of nitrogens with zero attached hydrogens (tertiary/aromatic N) is 4. The zero-order valence-corrected chi connectivity index (χ0v) is 13.2. The first-order valence-corrected chi connectivity index (χ1v) is 7.64. The Balaban J connectivity index is 2.25. The number of aliphatic hydroxyl groups excluding tert-OH is 1. The van der Waals surface area contributed by atoms with Crippen LogP contribution >= 0.6 is 0 Å². The Morgan fingerprint density at radius 1 is 1.25 bits per heavy atom. The van der Waals surface area contributed by atoms with Gasteiger partial charge in [-0.05, 0) is 6.92 Å².